The molecule has 1 heterocycles. The van der Waals surface area contributed by atoms with Crippen LogP contribution in [0, 0.1) is 12.7 Å². The number of hydrogen-bond donors (Lipinski definition) is 2. The number of benzene rings is 2. The number of halogens is 1. The van der Waals surface area contributed by atoms with Crippen LogP contribution in [0.3, 0.4) is 0 Å². The van der Waals surface area contributed by atoms with E-state index >= 15 is 0 Å². The normalized spacial score (nSPS) is 14.0. The summed E-state index contributed by atoms with van der Waals surface area (Å²) in [7, 11) is 1.70. The highest BCUT2D eigenvalue weighted by Crippen LogP contribution is 2.32. The van der Waals surface area contributed by atoms with Gasteiger partial charge >= 0.3 is 6.03 Å². The first-order valence-electron chi connectivity index (χ1n) is 11.3. The Kier molecular flexibility index (Phi) is 8.09. The minimum Gasteiger partial charge on any atom is -0.371 e. The number of piperidine rings is 1. The monoisotopic (exact) mass is 452 g/mol. The molecule has 7 heteroatoms. The smallest absolute Gasteiger partial charge is 0.319 e. The van der Waals surface area contributed by atoms with Crippen molar-refractivity contribution in [2.75, 3.05) is 38.5 Å². The lowest BCUT2D eigenvalue weighted by Gasteiger charge is -2.35. The third-order valence-electron chi connectivity index (χ3n) is 6.31. The van der Waals surface area contributed by atoms with Crippen LogP contribution in [0.25, 0.3) is 5.70 Å². The molecule has 176 valence electrons. The Bertz CT molecular complexity index is 998. The van der Waals surface area contributed by atoms with E-state index in [4.69, 9.17) is 0 Å². The Hall–Kier alpha value is -3.35. The maximum atomic E-state index is 13.2. The number of likely N-dealkylation sites (tertiary alicyclic amines) is 1. The van der Waals surface area contributed by atoms with Crippen molar-refractivity contribution in [1.29, 1.82) is 0 Å². The van der Waals surface area contributed by atoms with Crippen molar-refractivity contribution in [3.05, 3.63) is 71.6 Å². The minimum atomic E-state index is -0.307. The van der Waals surface area contributed by atoms with Crippen LogP contribution < -0.4 is 10.6 Å². The van der Waals surface area contributed by atoms with E-state index in [0.717, 1.165) is 48.4 Å². The van der Waals surface area contributed by atoms with Crippen LogP contribution in [0.1, 0.15) is 42.4 Å². The van der Waals surface area contributed by atoms with E-state index in [1.165, 1.54) is 24.6 Å². The molecule has 0 bridgehead atoms. The summed E-state index contributed by atoms with van der Waals surface area (Å²) >= 11 is 0. The van der Waals surface area contributed by atoms with Crippen LogP contribution in [-0.4, -0.2) is 55.0 Å². The first-order valence-corrected chi connectivity index (χ1v) is 11.3. The first-order chi connectivity index (χ1) is 15.7. The Balaban J connectivity index is 1.56. The average Bonchev–Trinajstić information content (AvgIpc) is 2.80. The molecular formula is C26H33FN4O2. The van der Waals surface area contributed by atoms with Gasteiger partial charge in [-0.25, -0.2) is 9.18 Å². The van der Waals surface area contributed by atoms with Crippen molar-refractivity contribution in [2.24, 2.45) is 0 Å². The molecule has 2 aromatic carbocycles. The largest absolute Gasteiger partial charge is 0.371 e. The SMILES string of the molecule is C=C(c1ccc(C)c(NC(=O)NCCN(C)C(C)=O)c1)N1CCC(c2ccc(F)cc2)CC1. The zero-order valence-corrected chi connectivity index (χ0v) is 19.7. The number of aryl methyl sites for hydroxylation is 1. The number of nitrogens with one attached hydrogen (secondary N) is 2. The quantitative estimate of drug-likeness (QED) is 0.646. The van der Waals surface area contributed by atoms with Gasteiger partial charge in [-0.3, -0.25) is 4.79 Å². The summed E-state index contributed by atoms with van der Waals surface area (Å²) < 4.78 is 13.2. The summed E-state index contributed by atoms with van der Waals surface area (Å²) in [5.74, 6) is 0.182. The highest BCUT2D eigenvalue weighted by Gasteiger charge is 2.22. The average molecular weight is 453 g/mol. The van der Waals surface area contributed by atoms with Crippen LogP contribution in [0.2, 0.25) is 0 Å². The van der Waals surface area contributed by atoms with Gasteiger partial charge in [-0.1, -0.05) is 30.8 Å². The van der Waals surface area contributed by atoms with Gasteiger partial charge in [0.25, 0.3) is 0 Å². The Morgan fingerprint density at radius 1 is 1.15 bits per heavy atom. The van der Waals surface area contributed by atoms with Crippen LogP contribution in [0.15, 0.2) is 49.0 Å². The van der Waals surface area contributed by atoms with Gasteiger partial charge in [0.15, 0.2) is 0 Å². The van der Waals surface area contributed by atoms with E-state index in [9.17, 15) is 14.0 Å². The van der Waals surface area contributed by atoms with Crippen molar-refractivity contribution in [2.45, 2.75) is 32.6 Å². The Morgan fingerprint density at radius 2 is 1.82 bits per heavy atom. The van der Waals surface area contributed by atoms with Crippen LogP contribution >= 0.6 is 0 Å². The second kappa shape index (κ2) is 11.0. The second-order valence-corrected chi connectivity index (χ2v) is 8.61. The second-order valence-electron chi connectivity index (χ2n) is 8.61. The molecule has 0 atom stereocenters. The number of anilines is 1. The number of amides is 3. The van der Waals surface area contributed by atoms with E-state index < -0.39 is 0 Å². The zero-order chi connectivity index (χ0) is 24.0. The molecule has 2 N–H and O–H groups in total. The topological polar surface area (TPSA) is 64.7 Å². The molecule has 0 unspecified atom stereocenters. The van der Waals surface area contributed by atoms with Crippen LogP contribution in [0.4, 0.5) is 14.9 Å². The van der Waals surface area contributed by atoms with Gasteiger partial charge in [0.05, 0.1) is 0 Å². The number of urea groups is 1. The van der Waals surface area contributed by atoms with E-state index in [1.807, 2.05) is 37.3 Å². The number of nitrogens with zero attached hydrogens (tertiary/aromatic N) is 2. The minimum absolute atomic E-state index is 0.0408. The number of hydrogen-bond acceptors (Lipinski definition) is 3. The highest BCUT2D eigenvalue weighted by molar-refractivity contribution is 5.90. The van der Waals surface area contributed by atoms with Gasteiger partial charge in [-0.15, -0.1) is 0 Å². The molecular weight excluding hydrogens is 419 g/mol. The van der Waals surface area contributed by atoms with Crippen LogP contribution in [0.5, 0.6) is 0 Å². The molecule has 1 aliphatic rings. The maximum absolute atomic E-state index is 13.2. The lowest BCUT2D eigenvalue weighted by atomic mass is 9.89. The third kappa shape index (κ3) is 6.57. The van der Waals surface area contributed by atoms with Crippen molar-refractivity contribution < 1.29 is 14.0 Å². The summed E-state index contributed by atoms with van der Waals surface area (Å²) in [4.78, 5) is 27.4. The molecule has 0 saturated carbocycles. The standard InChI is InChI=1S/C26H33FN4O2/c1-18-5-6-23(17-25(18)29-26(33)28-13-16-30(4)20(3)32)19(2)31-14-11-22(12-15-31)21-7-9-24(27)10-8-21/h5-10,17,22H,2,11-16H2,1,3-4H3,(H2,28,29,33). The van der Waals surface area contributed by atoms with Gasteiger partial charge in [-0.2, -0.15) is 0 Å². The Morgan fingerprint density at radius 3 is 2.45 bits per heavy atom. The third-order valence-corrected chi connectivity index (χ3v) is 6.31. The zero-order valence-electron chi connectivity index (χ0n) is 19.7. The van der Waals surface area contributed by atoms with Crippen molar-refractivity contribution in [1.82, 2.24) is 15.1 Å². The van der Waals surface area contributed by atoms with Gasteiger partial charge in [-0.05, 0) is 60.6 Å². The molecule has 1 aliphatic heterocycles. The van der Waals surface area contributed by atoms with Crippen molar-refractivity contribution in [3.63, 3.8) is 0 Å². The number of carbonyl (C=O) groups is 2. The van der Waals surface area contributed by atoms with Crippen LogP contribution in [-0.2, 0) is 4.79 Å². The van der Waals surface area contributed by atoms with Gasteiger partial charge in [0.1, 0.15) is 5.82 Å². The molecule has 3 amide bonds. The molecule has 33 heavy (non-hydrogen) atoms. The maximum Gasteiger partial charge on any atom is 0.319 e. The molecule has 0 radical (unpaired) electrons. The number of carbonyl (C=O) groups excluding carboxylic acids is 2. The fourth-order valence-corrected chi connectivity index (χ4v) is 4.00. The first kappa shape index (κ1) is 24.3. The van der Waals surface area contributed by atoms with Crippen molar-refractivity contribution in [3.8, 4) is 0 Å². The summed E-state index contributed by atoms with van der Waals surface area (Å²) in [6, 6.07) is 12.5. The predicted molar refractivity (Wildman–Crippen MR) is 130 cm³/mol. The fraction of sp³-hybridized carbons (Fsp3) is 0.385. The predicted octanol–water partition coefficient (Wildman–Crippen LogP) is 4.58. The van der Waals surface area contributed by atoms with Gasteiger partial charge in [0.2, 0.25) is 5.91 Å². The van der Waals surface area contributed by atoms with Crippen molar-refractivity contribution >= 4 is 23.3 Å². The molecule has 2 aromatic rings. The molecule has 0 spiro atoms. The summed E-state index contributed by atoms with van der Waals surface area (Å²) in [6.45, 7) is 10.3. The van der Waals surface area contributed by atoms with E-state index in [0.29, 0.717) is 19.0 Å². The molecule has 3 rings (SSSR count). The van der Waals surface area contributed by atoms with Gasteiger partial charge in [0, 0.05) is 51.5 Å². The lowest BCUT2D eigenvalue weighted by Crippen LogP contribution is -2.37. The molecule has 1 fully saturated rings. The number of rotatable bonds is 7. The molecule has 1 saturated heterocycles. The summed E-state index contributed by atoms with van der Waals surface area (Å²) in [6.07, 6.45) is 1.97. The van der Waals surface area contributed by atoms with E-state index in [1.54, 1.807) is 11.9 Å². The number of likely N-dealkylation sites (N-methyl/N-ethyl adjacent to an activating group) is 1. The summed E-state index contributed by atoms with van der Waals surface area (Å²) in [5.41, 5.74) is 4.76. The lowest BCUT2D eigenvalue weighted by molar-refractivity contribution is -0.127. The van der Waals surface area contributed by atoms with Gasteiger partial charge < -0.3 is 20.4 Å². The summed E-state index contributed by atoms with van der Waals surface area (Å²) in [5, 5.41) is 5.68. The molecule has 0 aromatic heterocycles. The fourth-order valence-electron chi connectivity index (χ4n) is 4.00. The van der Waals surface area contributed by atoms with E-state index in [-0.39, 0.29) is 17.8 Å². The van der Waals surface area contributed by atoms with E-state index in [2.05, 4.69) is 22.1 Å². The highest BCUT2D eigenvalue weighted by atomic mass is 19.1. The molecule has 6 nitrogen and oxygen atoms in total. The molecule has 0 aliphatic carbocycles. The Labute approximate surface area is 195 Å².